The molecule has 1 aliphatic rings. The zero-order valence-corrected chi connectivity index (χ0v) is 15.2. The van der Waals surface area contributed by atoms with Crippen LogP contribution in [0.25, 0.3) is 0 Å². The normalized spacial score (nSPS) is 17.0. The Balaban J connectivity index is 1.60. The summed E-state index contributed by atoms with van der Waals surface area (Å²) in [7, 11) is 1.62. The number of ether oxygens (including phenoxy) is 2. The molecule has 4 nitrogen and oxygen atoms in total. The first-order chi connectivity index (χ1) is 12.6. The van der Waals surface area contributed by atoms with Crippen molar-refractivity contribution >= 4 is 5.91 Å². The van der Waals surface area contributed by atoms with Gasteiger partial charge in [-0.15, -0.1) is 0 Å². The van der Waals surface area contributed by atoms with Crippen molar-refractivity contribution < 1.29 is 18.7 Å². The smallest absolute Gasteiger partial charge is 0.256 e. The van der Waals surface area contributed by atoms with Crippen LogP contribution < -0.4 is 9.47 Å². The predicted molar refractivity (Wildman–Crippen MR) is 98.3 cm³/mol. The maximum absolute atomic E-state index is 14.1. The molecular weight excluding hydrogens is 333 g/mol. The van der Waals surface area contributed by atoms with Crippen LogP contribution in [0.4, 0.5) is 4.39 Å². The Morgan fingerprint density at radius 3 is 2.81 bits per heavy atom. The van der Waals surface area contributed by atoms with E-state index in [1.54, 1.807) is 24.1 Å². The molecule has 0 bridgehead atoms. The summed E-state index contributed by atoms with van der Waals surface area (Å²) in [5, 5.41) is 0. The van der Waals surface area contributed by atoms with Crippen molar-refractivity contribution in [3.05, 3.63) is 59.4 Å². The van der Waals surface area contributed by atoms with E-state index in [0.29, 0.717) is 19.7 Å². The molecule has 2 aromatic rings. The average Bonchev–Trinajstić information content (AvgIpc) is 2.66. The molecule has 1 atom stereocenters. The van der Waals surface area contributed by atoms with E-state index in [2.05, 4.69) is 0 Å². The Bertz CT molecular complexity index is 778. The maximum Gasteiger partial charge on any atom is 0.256 e. The van der Waals surface area contributed by atoms with Crippen molar-refractivity contribution in [2.45, 2.75) is 19.8 Å². The highest BCUT2D eigenvalue weighted by molar-refractivity contribution is 5.94. The van der Waals surface area contributed by atoms with Crippen molar-refractivity contribution in [2.75, 3.05) is 26.8 Å². The van der Waals surface area contributed by atoms with E-state index in [9.17, 15) is 9.18 Å². The lowest BCUT2D eigenvalue weighted by Gasteiger charge is -2.32. The van der Waals surface area contributed by atoms with Gasteiger partial charge in [-0.2, -0.15) is 0 Å². The molecule has 1 aliphatic heterocycles. The average molecular weight is 357 g/mol. The second kappa shape index (κ2) is 8.21. The minimum atomic E-state index is -0.454. The monoisotopic (exact) mass is 357 g/mol. The van der Waals surface area contributed by atoms with Crippen LogP contribution in [0.15, 0.2) is 42.5 Å². The Kier molecular flexibility index (Phi) is 5.76. The fourth-order valence-corrected chi connectivity index (χ4v) is 3.25. The van der Waals surface area contributed by atoms with Crippen molar-refractivity contribution in [3.8, 4) is 11.5 Å². The van der Waals surface area contributed by atoms with Gasteiger partial charge in [-0.1, -0.05) is 12.1 Å². The number of carbonyl (C=O) groups excluding carboxylic acids is 1. The molecule has 5 heteroatoms. The minimum absolute atomic E-state index is 0.143. The minimum Gasteiger partial charge on any atom is -0.497 e. The van der Waals surface area contributed by atoms with Crippen molar-refractivity contribution in [1.29, 1.82) is 0 Å². The van der Waals surface area contributed by atoms with Crippen LogP contribution in [-0.2, 0) is 0 Å². The van der Waals surface area contributed by atoms with E-state index >= 15 is 0 Å². The number of benzene rings is 2. The lowest BCUT2D eigenvalue weighted by atomic mass is 9.98. The summed E-state index contributed by atoms with van der Waals surface area (Å²) in [4.78, 5) is 14.4. The summed E-state index contributed by atoms with van der Waals surface area (Å²) in [6.45, 7) is 3.56. The molecule has 0 radical (unpaired) electrons. The molecule has 0 spiro atoms. The number of nitrogens with zero attached hydrogens (tertiary/aromatic N) is 1. The molecule has 1 saturated heterocycles. The van der Waals surface area contributed by atoms with E-state index in [1.807, 2.05) is 31.2 Å². The first-order valence-electron chi connectivity index (χ1n) is 8.89. The first-order valence-corrected chi connectivity index (χ1v) is 8.89. The van der Waals surface area contributed by atoms with Crippen LogP contribution in [0.1, 0.15) is 28.8 Å². The van der Waals surface area contributed by atoms with Gasteiger partial charge in [-0.25, -0.2) is 4.39 Å². The third kappa shape index (κ3) is 4.34. The van der Waals surface area contributed by atoms with E-state index in [1.165, 1.54) is 6.07 Å². The fraction of sp³-hybridized carbons (Fsp3) is 0.381. The number of aryl methyl sites for hydroxylation is 1. The molecule has 0 aromatic heterocycles. The van der Waals surface area contributed by atoms with Crippen LogP contribution in [0.5, 0.6) is 11.5 Å². The summed E-state index contributed by atoms with van der Waals surface area (Å²) < 4.78 is 25.2. The molecule has 1 heterocycles. The number of halogens is 1. The highest BCUT2D eigenvalue weighted by Gasteiger charge is 2.26. The van der Waals surface area contributed by atoms with Gasteiger partial charge in [-0.3, -0.25) is 4.79 Å². The number of piperidine rings is 1. The van der Waals surface area contributed by atoms with Gasteiger partial charge in [0.25, 0.3) is 5.91 Å². The summed E-state index contributed by atoms with van der Waals surface area (Å²) >= 11 is 0. The summed E-state index contributed by atoms with van der Waals surface area (Å²) in [5.41, 5.74) is 0.951. The quantitative estimate of drug-likeness (QED) is 0.810. The zero-order valence-electron chi connectivity index (χ0n) is 15.2. The highest BCUT2D eigenvalue weighted by Crippen LogP contribution is 2.23. The molecule has 26 heavy (non-hydrogen) atoms. The van der Waals surface area contributed by atoms with Crippen LogP contribution in [0.2, 0.25) is 0 Å². The van der Waals surface area contributed by atoms with E-state index < -0.39 is 5.82 Å². The molecule has 0 aliphatic carbocycles. The maximum atomic E-state index is 14.1. The van der Waals surface area contributed by atoms with Crippen molar-refractivity contribution in [1.82, 2.24) is 4.90 Å². The molecule has 2 aromatic carbocycles. The number of hydrogen-bond acceptors (Lipinski definition) is 3. The number of amides is 1. The van der Waals surface area contributed by atoms with Gasteiger partial charge < -0.3 is 14.4 Å². The lowest BCUT2D eigenvalue weighted by Crippen LogP contribution is -2.41. The largest absolute Gasteiger partial charge is 0.497 e. The van der Waals surface area contributed by atoms with E-state index in [0.717, 1.165) is 29.9 Å². The molecule has 0 N–H and O–H groups in total. The fourth-order valence-electron chi connectivity index (χ4n) is 3.25. The van der Waals surface area contributed by atoms with Crippen LogP contribution >= 0.6 is 0 Å². The number of methoxy groups -OCH3 is 1. The molecule has 0 saturated carbocycles. The van der Waals surface area contributed by atoms with Crippen LogP contribution in [0, 0.1) is 18.7 Å². The second-order valence-corrected chi connectivity index (χ2v) is 6.73. The summed E-state index contributed by atoms with van der Waals surface area (Å²) in [5.74, 6) is 1.03. The van der Waals surface area contributed by atoms with E-state index in [4.69, 9.17) is 9.47 Å². The zero-order chi connectivity index (χ0) is 18.5. The molecule has 138 valence electrons. The van der Waals surface area contributed by atoms with Crippen molar-refractivity contribution in [3.63, 3.8) is 0 Å². The Hall–Kier alpha value is -2.56. The number of rotatable bonds is 5. The molecule has 1 fully saturated rings. The Morgan fingerprint density at radius 1 is 1.23 bits per heavy atom. The van der Waals surface area contributed by atoms with Crippen LogP contribution in [-0.4, -0.2) is 37.6 Å². The third-order valence-electron chi connectivity index (χ3n) is 4.69. The SMILES string of the molecule is COc1cccc(OCC2CCCN(C(=O)c3ccc(C)cc3F)C2)c1. The topological polar surface area (TPSA) is 38.8 Å². The molecule has 1 unspecified atom stereocenters. The van der Waals surface area contributed by atoms with Gasteiger partial charge >= 0.3 is 0 Å². The lowest BCUT2D eigenvalue weighted by molar-refractivity contribution is 0.0628. The number of likely N-dealkylation sites (tertiary alicyclic amines) is 1. The van der Waals surface area contributed by atoms with Gasteiger partial charge in [0.05, 0.1) is 19.3 Å². The van der Waals surface area contributed by atoms with Crippen LogP contribution in [0.3, 0.4) is 0 Å². The van der Waals surface area contributed by atoms with Gasteiger partial charge in [-0.05, 0) is 49.6 Å². The van der Waals surface area contributed by atoms with Gasteiger partial charge in [0.15, 0.2) is 0 Å². The predicted octanol–water partition coefficient (Wildman–Crippen LogP) is 4.07. The summed E-state index contributed by atoms with van der Waals surface area (Å²) in [6.07, 6.45) is 1.88. The Morgan fingerprint density at radius 2 is 2.04 bits per heavy atom. The van der Waals surface area contributed by atoms with E-state index in [-0.39, 0.29) is 17.4 Å². The molecular formula is C21H24FNO3. The van der Waals surface area contributed by atoms with Crippen molar-refractivity contribution in [2.24, 2.45) is 5.92 Å². The Labute approximate surface area is 153 Å². The second-order valence-electron chi connectivity index (χ2n) is 6.73. The number of carbonyl (C=O) groups is 1. The molecule has 1 amide bonds. The first kappa shape index (κ1) is 18.2. The van der Waals surface area contributed by atoms with Gasteiger partial charge in [0.1, 0.15) is 17.3 Å². The van der Waals surface area contributed by atoms with Gasteiger partial charge in [0.2, 0.25) is 0 Å². The third-order valence-corrected chi connectivity index (χ3v) is 4.69. The standard InChI is InChI=1S/C21H24FNO3/c1-15-8-9-19(20(22)11-15)21(24)23-10-4-5-16(13-23)14-26-18-7-3-6-17(12-18)25-2/h3,6-9,11-12,16H,4-5,10,13-14H2,1-2H3. The van der Waals surface area contributed by atoms with Gasteiger partial charge in [0, 0.05) is 25.1 Å². The number of hydrogen-bond donors (Lipinski definition) is 0. The highest BCUT2D eigenvalue weighted by atomic mass is 19.1. The summed E-state index contributed by atoms with van der Waals surface area (Å²) in [6, 6.07) is 12.2. The molecule has 3 rings (SSSR count).